The average Bonchev–Trinajstić information content (AvgIpc) is 3.56. The molecule has 3 aromatic heterocycles. The van der Waals surface area contributed by atoms with Gasteiger partial charge in [0.2, 0.25) is 15.0 Å². The number of carbonyl (C=O) groups is 2. The van der Waals surface area contributed by atoms with Crippen LogP contribution in [0.2, 0.25) is 0 Å². The Hall–Kier alpha value is -4.69. The van der Waals surface area contributed by atoms with Crippen LogP contribution in [0.5, 0.6) is 0 Å². The molecule has 282 valence electrons. The number of rotatable bonds is 5. The molecule has 17 heteroatoms. The summed E-state index contributed by atoms with van der Waals surface area (Å²) < 4.78 is 70.1. The highest BCUT2D eigenvalue weighted by Crippen LogP contribution is 2.45. The summed E-state index contributed by atoms with van der Waals surface area (Å²) in [5.41, 5.74) is -1.78. The van der Waals surface area contributed by atoms with Gasteiger partial charge in [-0.05, 0) is 79.9 Å². The number of nitriles is 1. The van der Waals surface area contributed by atoms with Crippen LogP contribution in [-0.4, -0.2) is 82.6 Å². The molecule has 4 aromatic rings. The van der Waals surface area contributed by atoms with E-state index in [1.807, 2.05) is 17.9 Å². The molecule has 2 atom stereocenters. The Balaban J connectivity index is 1.54. The molecule has 2 aliphatic heterocycles. The molecule has 0 spiro atoms. The molecule has 2 amide bonds. The number of carbonyl (C=O) groups excluding carboxylic acids is 2. The molecular weight excluding hydrogens is 729 g/mol. The lowest BCUT2D eigenvalue weighted by Gasteiger charge is -2.35. The van der Waals surface area contributed by atoms with Crippen LogP contribution >= 0.6 is 11.3 Å². The molecule has 0 radical (unpaired) electrons. The van der Waals surface area contributed by atoms with E-state index in [0.29, 0.717) is 38.0 Å². The standard InChI is InChI=1S/C36H41F2N7O6S2/c1-9-53(48,49)32-41-28-25-22(11-10-15-45(30(25)42-32)23-14-16-44(18(23)2)34(47)51-36(6,7)8)40-27(26(28)38)19-12-13-21(37)29-24(19)20(17-39)31(52-29)43-33(46)50-35(3,4)5/h12-13,18,23H,9-11,14-16H2,1-8H3,(H,43,46)/t18-,23-/m1/s1. The first kappa shape index (κ1) is 38.0. The van der Waals surface area contributed by atoms with Crippen LogP contribution in [0, 0.1) is 23.0 Å². The highest BCUT2D eigenvalue weighted by atomic mass is 32.2. The fraction of sp³-hybridized carbons (Fsp3) is 0.500. The molecule has 1 N–H and O–H groups in total. The maximum absolute atomic E-state index is 17.2. The third-order valence-electron chi connectivity index (χ3n) is 9.08. The number of sulfone groups is 1. The number of hydrogen-bond donors (Lipinski definition) is 1. The highest BCUT2D eigenvalue weighted by molar-refractivity contribution is 7.91. The normalized spacial score (nSPS) is 17.9. The number of pyridine rings is 1. The second kappa shape index (κ2) is 13.6. The zero-order chi connectivity index (χ0) is 38.8. The monoisotopic (exact) mass is 769 g/mol. The third-order valence-corrected chi connectivity index (χ3v) is 11.7. The summed E-state index contributed by atoms with van der Waals surface area (Å²) in [5.74, 6) is -1.84. The van der Waals surface area contributed by atoms with Gasteiger partial charge in [0.25, 0.3) is 0 Å². The number of aryl methyl sites for hydroxylation is 1. The Labute approximate surface area is 310 Å². The molecule has 0 aliphatic carbocycles. The van der Waals surface area contributed by atoms with E-state index in [2.05, 4.69) is 15.3 Å². The Morgan fingerprint density at radius 2 is 1.75 bits per heavy atom. The molecule has 1 aromatic carbocycles. The van der Waals surface area contributed by atoms with Crippen LogP contribution < -0.4 is 10.2 Å². The Bertz CT molecular complexity index is 2310. The van der Waals surface area contributed by atoms with Gasteiger partial charge in [-0.25, -0.2) is 41.7 Å². The largest absolute Gasteiger partial charge is 0.444 e. The Morgan fingerprint density at radius 3 is 2.40 bits per heavy atom. The van der Waals surface area contributed by atoms with Gasteiger partial charge in [-0.3, -0.25) is 5.32 Å². The van der Waals surface area contributed by atoms with Crippen LogP contribution in [0.15, 0.2) is 17.3 Å². The minimum atomic E-state index is -4.06. The van der Waals surface area contributed by atoms with Gasteiger partial charge in [0.15, 0.2) is 5.82 Å². The zero-order valence-corrected chi connectivity index (χ0v) is 32.4. The minimum Gasteiger partial charge on any atom is -0.444 e. The number of anilines is 2. The second-order valence-corrected chi connectivity index (χ2v) is 18.3. The van der Waals surface area contributed by atoms with Crippen LogP contribution in [0.25, 0.3) is 32.2 Å². The number of thiophene rings is 1. The zero-order valence-electron chi connectivity index (χ0n) is 30.8. The minimum absolute atomic E-state index is 0.00475. The Morgan fingerprint density at radius 1 is 1.06 bits per heavy atom. The van der Waals surface area contributed by atoms with Gasteiger partial charge >= 0.3 is 12.2 Å². The number of amides is 2. The molecule has 0 saturated carbocycles. The summed E-state index contributed by atoms with van der Waals surface area (Å²) in [7, 11) is -4.06. The fourth-order valence-corrected chi connectivity index (χ4v) is 8.55. The first-order valence-corrected chi connectivity index (χ1v) is 19.8. The predicted octanol–water partition coefficient (Wildman–Crippen LogP) is 7.35. The van der Waals surface area contributed by atoms with Gasteiger partial charge < -0.3 is 19.3 Å². The van der Waals surface area contributed by atoms with Crippen molar-refractivity contribution in [3.8, 4) is 17.3 Å². The van der Waals surface area contributed by atoms with E-state index in [-0.39, 0.29) is 66.5 Å². The number of nitrogens with one attached hydrogen (secondary N) is 1. The van der Waals surface area contributed by atoms with Crippen molar-refractivity contribution >= 4 is 65.2 Å². The second-order valence-electron chi connectivity index (χ2n) is 15.1. The molecule has 53 heavy (non-hydrogen) atoms. The van der Waals surface area contributed by atoms with E-state index >= 15 is 8.78 Å². The first-order valence-electron chi connectivity index (χ1n) is 17.3. The molecule has 6 rings (SSSR count). The van der Waals surface area contributed by atoms with Crippen molar-refractivity contribution in [2.24, 2.45) is 0 Å². The van der Waals surface area contributed by atoms with Crippen molar-refractivity contribution in [1.82, 2.24) is 19.9 Å². The maximum Gasteiger partial charge on any atom is 0.412 e. The van der Waals surface area contributed by atoms with E-state index in [1.165, 1.54) is 13.0 Å². The number of benzene rings is 1. The van der Waals surface area contributed by atoms with Crippen molar-refractivity contribution in [2.75, 3.05) is 29.1 Å². The molecule has 0 unspecified atom stereocenters. The first-order chi connectivity index (χ1) is 24.7. The fourth-order valence-electron chi connectivity index (χ4n) is 6.77. The predicted molar refractivity (Wildman–Crippen MR) is 197 cm³/mol. The van der Waals surface area contributed by atoms with Gasteiger partial charge in [0.05, 0.1) is 39.2 Å². The summed E-state index contributed by atoms with van der Waals surface area (Å²) in [6, 6.07) is 3.75. The molecule has 5 heterocycles. The number of likely N-dealkylation sites (tertiary alicyclic amines) is 1. The smallest absolute Gasteiger partial charge is 0.412 e. The summed E-state index contributed by atoms with van der Waals surface area (Å²) >= 11 is 0.795. The lowest BCUT2D eigenvalue weighted by atomic mass is 10.0. The van der Waals surface area contributed by atoms with E-state index < -0.39 is 50.0 Å². The van der Waals surface area contributed by atoms with E-state index in [9.17, 15) is 23.3 Å². The van der Waals surface area contributed by atoms with Crippen molar-refractivity contribution in [1.29, 1.82) is 5.26 Å². The molecule has 1 fully saturated rings. The average molecular weight is 770 g/mol. The van der Waals surface area contributed by atoms with Crippen LogP contribution in [0.4, 0.5) is 29.2 Å². The van der Waals surface area contributed by atoms with E-state index in [4.69, 9.17) is 14.5 Å². The van der Waals surface area contributed by atoms with Crippen molar-refractivity contribution in [3.63, 3.8) is 0 Å². The van der Waals surface area contributed by atoms with Gasteiger partial charge in [0, 0.05) is 24.0 Å². The van der Waals surface area contributed by atoms with Crippen molar-refractivity contribution in [2.45, 2.75) is 103 Å². The molecular formula is C36H41F2N7O6S2. The van der Waals surface area contributed by atoms with Gasteiger partial charge in [-0.15, -0.1) is 11.3 Å². The molecule has 0 bridgehead atoms. The summed E-state index contributed by atoms with van der Waals surface area (Å²) in [5, 5.41) is 12.5. The third kappa shape index (κ3) is 7.18. The van der Waals surface area contributed by atoms with Crippen LogP contribution in [0.1, 0.15) is 79.5 Å². The topological polar surface area (TPSA) is 168 Å². The van der Waals surface area contributed by atoms with Crippen LogP contribution in [0.3, 0.4) is 0 Å². The van der Waals surface area contributed by atoms with Crippen LogP contribution in [-0.2, 0) is 25.7 Å². The molecule has 2 aliphatic rings. The number of ether oxygens (including phenoxy) is 2. The lowest BCUT2D eigenvalue weighted by Crippen LogP contribution is -2.47. The molecule has 1 saturated heterocycles. The number of halogens is 2. The quantitative estimate of drug-likeness (QED) is 0.202. The highest BCUT2D eigenvalue weighted by Gasteiger charge is 2.42. The maximum atomic E-state index is 17.2. The van der Waals surface area contributed by atoms with E-state index in [1.54, 1.807) is 46.4 Å². The van der Waals surface area contributed by atoms with Gasteiger partial charge in [-0.2, -0.15) is 5.26 Å². The Kier molecular flexibility index (Phi) is 9.78. The number of fused-ring (bicyclic) bond motifs is 1. The molecule has 13 nitrogen and oxygen atoms in total. The SMILES string of the molecule is CCS(=O)(=O)c1nc2c3c(nc(-c4ccc(F)c5sc(NC(=O)OC(C)(C)C)c(C#N)c45)c(F)c3n1)CCCN2[C@@H]1CCN(C(=O)OC(C)(C)C)[C@@H]1C. The van der Waals surface area contributed by atoms with E-state index in [0.717, 1.165) is 17.4 Å². The number of hydrogen-bond acceptors (Lipinski definition) is 12. The summed E-state index contributed by atoms with van der Waals surface area (Å²) in [6.07, 6.45) is 0.0373. The number of aromatic nitrogens is 3. The van der Waals surface area contributed by atoms with Gasteiger partial charge in [-0.1, -0.05) is 6.92 Å². The van der Waals surface area contributed by atoms with Gasteiger partial charge in [0.1, 0.15) is 45.1 Å². The van der Waals surface area contributed by atoms with Crippen molar-refractivity contribution in [3.05, 3.63) is 35.0 Å². The lowest BCUT2D eigenvalue weighted by molar-refractivity contribution is 0.0232. The summed E-state index contributed by atoms with van der Waals surface area (Å²) in [6.45, 7) is 14.5. The summed E-state index contributed by atoms with van der Waals surface area (Å²) in [4.78, 5) is 42.9. The number of nitrogens with zero attached hydrogens (tertiary/aromatic N) is 6. The van der Waals surface area contributed by atoms with Crippen molar-refractivity contribution < 1.29 is 36.3 Å².